The van der Waals surface area contributed by atoms with E-state index < -0.39 is 5.97 Å². The summed E-state index contributed by atoms with van der Waals surface area (Å²) in [7, 11) is 3.77. The van der Waals surface area contributed by atoms with E-state index in [0.29, 0.717) is 12.2 Å². The molecule has 0 aliphatic carbocycles. The molecular formula is C24H25N3O3. The van der Waals surface area contributed by atoms with Crippen molar-refractivity contribution in [2.75, 3.05) is 26.0 Å². The molecule has 6 heteroatoms. The quantitative estimate of drug-likeness (QED) is 0.637. The number of pyridine rings is 1. The average Bonchev–Trinajstić information content (AvgIpc) is 3.06. The number of carbonyl (C=O) groups is 1. The van der Waals surface area contributed by atoms with Crippen LogP contribution in [0.5, 0.6) is 5.75 Å². The Morgan fingerprint density at radius 3 is 2.83 bits per heavy atom. The summed E-state index contributed by atoms with van der Waals surface area (Å²) < 4.78 is 5.32. The molecule has 0 bridgehead atoms. The largest absolute Gasteiger partial charge is 0.497 e. The van der Waals surface area contributed by atoms with Gasteiger partial charge >= 0.3 is 5.97 Å². The van der Waals surface area contributed by atoms with E-state index in [4.69, 9.17) is 4.74 Å². The van der Waals surface area contributed by atoms with Gasteiger partial charge < -0.3 is 15.2 Å². The number of fused-ring (bicyclic) bond motifs is 1. The first-order valence-corrected chi connectivity index (χ1v) is 9.87. The molecule has 154 valence electrons. The number of carboxylic acids is 1. The van der Waals surface area contributed by atoms with Crippen LogP contribution in [0.15, 0.2) is 54.9 Å². The minimum atomic E-state index is -0.959. The lowest BCUT2D eigenvalue weighted by Crippen LogP contribution is -2.24. The number of rotatable bonds is 6. The van der Waals surface area contributed by atoms with Crippen LogP contribution in [0.4, 0.5) is 5.69 Å². The third kappa shape index (κ3) is 3.74. The Morgan fingerprint density at radius 1 is 1.27 bits per heavy atom. The highest BCUT2D eigenvalue weighted by atomic mass is 16.5. The maximum atomic E-state index is 11.4. The molecule has 2 N–H and O–H groups in total. The van der Waals surface area contributed by atoms with Crippen LogP contribution in [0, 0.1) is 6.92 Å². The highest BCUT2D eigenvalue weighted by Crippen LogP contribution is 2.36. The van der Waals surface area contributed by atoms with Gasteiger partial charge in [0.2, 0.25) is 0 Å². The Labute approximate surface area is 176 Å². The van der Waals surface area contributed by atoms with E-state index in [-0.39, 0.29) is 11.6 Å². The first-order valence-electron chi connectivity index (χ1n) is 9.87. The van der Waals surface area contributed by atoms with Crippen molar-refractivity contribution in [2.45, 2.75) is 19.5 Å². The molecule has 1 aromatic heterocycles. The van der Waals surface area contributed by atoms with Crippen molar-refractivity contribution >= 4 is 11.7 Å². The van der Waals surface area contributed by atoms with Gasteiger partial charge in [0.25, 0.3) is 0 Å². The number of hydrogen-bond acceptors (Lipinski definition) is 5. The van der Waals surface area contributed by atoms with E-state index in [1.165, 1.54) is 40.1 Å². The van der Waals surface area contributed by atoms with Gasteiger partial charge in [-0.25, -0.2) is 4.79 Å². The monoisotopic (exact) mass is 403 g/mol. The smallest absolute Gasteiger partial charge is 0.337 e. The van der Waals surface area contributed by atoms with Gasteiger partial charge in [-0.2, -0.15) is 0 Å². The molecule has 30 heavy (non-hydrogen) atoms. The molecule has 1 aliphatic rings. The van der Waals surface area contributed by atoms with E-state index in [0.717, 1.165) is 12.3 Å². The first kappa shape index (κ1) is 19.9. The fraction of sp³-hybridized carbons (Fsp3) is 0.250. The number of carboxylic acid groups (broad SMARTS) is 1. The van der Waals surface area contributed by atoms with Gasteiger partial charge in [-0.15, -0.1) is 0 Å². The summed E-state index contributed by atoms with van der Waals surface area (Å²) >= 11 is 0. The van der Waals surface area contributed by atoms with Crippen molar-refractivity contribution in [3.05, 3.63) is 77.1 Å². The fourth-order valence-electron chi connectivity index (χ4n) is 4.13. The summed E-state index contributed by atoms with van der Waals surface area (Å²) in [6.45, 7) is 3.55. The Kier molecular flexibility index (Phi) is 5.42. The lowest BCUT2D eigenvalue weighted by atomic mass is 9.95. The molecule has 1 atom stereocenters. The van der Waals surface area contributed by atoms with Crippen LogP contribution < -0.4 is 10.1 Å². The van der Waals surface area contributed by atoms with Crippen molar-refractivity contribution < 1.29 is 14.6 Å². The number of methoxy groups -OCH3 is 1. The Balaban J connectivity index is 1.57. The summed E-state index contributed by atoms with van der Waals surface area (Å²) in [4.78, 5) is 17.8. The molecule has 0 unspecified atom stereocenters. The van der Waals surface area contributed by atoms with Gasteiger partial charge in [-0.05, 0) is 66.1 Å². The molecule has 0 fully saturated rings. The number of likely N-dealkylation sites (N-methyl/N-ethyl adjacent to an activating group) is 1. The number of nitrogens with zero attached hydrogens (tertiary/aromatic N) is 2. The number of ether oxygens (including phenoxy) is 1. The van der Waals surface area contributed by atoms with E-state index in [1.54, 1.807) is 13.3 Å². The number of aryl methyl sites for hydroxylation is 1. The predicted octanol–water partition coefficient (Wildman–Crippen LogP) is 4.36. The minimum absolute atomic E-state index is 0.160. The summed E-state index contributed by atoms with van der Waals surface area (Å²) in [5, 5.41) is 12.7. The summed E-state index contributed by atoms with van der Waals surface area (Å²) in [5.74, 6) is -0.0982. The van der Waals surface area contributed by atoms with Crippen LogP contribution in [-0.2, 0) is 6.54 Å². The van der Waals surface area contributed by atoms with Crippen LogP contribution in [-0.4, -0.2) is 41.7 Å². The zero-order valence-electron chi connectivity index (χ0n) is 17.3. The van der Waals surface area contributed by atoms with Gasteiger partial charge in [0.1, 0.15) is 5.75 Å². The minimum Gasteiger partial charge on any atom is -0.497 e. The number of hydrogen-bond donors (Lipinski definition) is 2. The third-order valence-electron chi connectivity index (χ3n) is 5.74. The third-order valence-corrected chi connectivity index (χ3v) is 5.74. The maximum Gasteiger partial charge on any atom is 0.337 e. The second-order valence-corrected chi connectivity index (χ2v) is 7.63. The van der Waals surface area contributed by atoms with Crippen LogP contribution in [0.2, 0.25) is 0 Å². The van der Waals surface area contributed by atoms with Crippen LogP contribution in [0.25, 0.3) is 11.1 Å². The molecule has 0 radical (unpaired) electrons. The summed E-state index contributed by atoms with van der Waals surface area (Å²) in [5.41, 5.74) is 6.90. The summed E-state index contributed by atoms with van der Waals surface area (Å²) in [6.07, 6.45) is 3.06. The van der Waals surface area contributed by atoms with Crippen molar-refractivity contribution in [1.82, 2.24) is 9.88 Å². The van der Waals surface area contributed by atoms with Crippen molar-refractivity contribution in [3.8, 4) is 16.9 Å². The Morgan fingerprint density at radius 2 is 2.10 bits per heavy atom. The molecule has 6 nitrogen and oxygen atoms in total. The van der Waals surface area contributed by atoms with Crippen molar-refractivity contribution in [1.29, 1.82) is 0 Å². The SMILES string of the molecule is COc1ccc(-c2ccc3c(c2)CN(C)[C@H]3CNc2cnccc2C(=O)O)c(C)c1. The van der Waals surface area contributed by atoms with Gasteiger partial charge in [-0.3, -0.25) is 9.88 Å². The molecule has 0 saturated carbocycles. The Hall–Kier alpha value is -3.38. The van der Waals surface area contributed by atoms with Gasteiger partial charge in [0.05, 0.1) is 30.6 Å². The van der Waals surface area contributed by atoms with E-state index in [9.17, 15) is 9.90 Å². The molecule has 0 saturated heterocycles. The second-order valence-electron chi connectivity index (χ2n) is 7.63. The van der Waals surface area contributed by atoms with Gasteiger partial charge in [0.15, 0.2) is 0 Å². The molecule has 3 aromatic rings. The number of aromatic carboxylic acids is 1. The van der Waals surface area contributed by atoms with E-state index >= 15 is 0 Å². The van der Waals surface area contributed by atoms with Gasteiger partial charge in [0, 0.05) is 19.3 Å². The highest BCUT2D eigenvalue weighted by Gasteiger charge is 2.28. The maximum absolute atomic E-state index is 11.4. The average molecular weight is 403 g/mol. The van der Waals surface area contributed by atoms with E-state index in [2.05, 4.69) is 59.5 Å². The predicted molar refractivity (Wildman–Crippen MR) is 117 cm³/mol. The van der Waals surface area contributed by atoms with Crippen molar-refractivity contribution in [3.63, 3.8) is 0 Å². The number of aromatic nitrogens is 1. The lowest BCUT2D eigenvalue weighted by Gasteiger charge is -2.22. The van der Waals surface area contributed by atoms with Crippen molar-refractivity contribution in [2.24, 2.45) is 0 Å². The summed E-state index contributed by atoms with van der Waals surface area (Å²) in [6, 6.07) is 14.4. The molecule has 2 aromatic carbocycles. The number of benzene rings is 2. The molecule has 4 rings (SSSR count). The number of nitrogens with one attached hydrogen (secondary N) is 1. The first-order chi connectivity index (χ1) is 14.5. The molecular weight excluding hydrogens is 378 g/mol. The zero-order chi connectivity index (χ0) is 21.3. The molecule has 2 heterocycles. The van der Waals surface area contributed by atoms with E-state index in [1.807, 2.05) is 6.07 Å². The highest BCUT2D eigenvalue weighted by molar-refractivity contribution is 5.93. The fourth-order valence-corrected chi connectivity index (χ4v) is 4.13. The van der Waals surface area contributed by atoms with Crippen LogP contribution in [0.3, 0.4) is 0 Å². The topological polar surface area (TPSA) is 74.7 Å². The lowest BCUT2D eigenvalue weighted by molar-refractivity contribution is 0.0697. The second kappa shape index (κ2) is 8.16. The molecule has 1 aliphatic heterocycles. The standard InChI is InChI=1S/C24H25N3O3/c1-15-10-18(30-3)5-7-19(15)16-4-6-20-17(11-16)14-27(2)23(20)13-26-22-12-25-9-8-21(22)24(28)29/h4-12,23,26H,13-14H2,1-3H3,(H,28,29)/t23-/m0/s1. The Bertz CT molecular complexity index is 1100. The zero-order valence-corrected chi connectivity index (χ0v) is 17.3. The molecule has 0 amide bonds. The normalized spacial score (nSPS) is 15.6. The van der Waals surface area contributed by atoms with Crippen LogP contribution in [0.1, 0.15) is 33.1 Å². The number of anilines is 1. The van der Waals surface area contributed by atoms with Gasteiger partial charge in [-0.1, -0.05) is 18.2 Å². The molecule has 0 spiro atoms. The van der Waals surface area contributed by atoms with Crippen LogP contribution >= 0.6 is 0 Å².